The van der Waals surface area contributed by atoms with Crippen LogP contribution in [0.1, 0.15) is 16.7 Å². The van der Waals surface area contributed by atoms with Crippen LogP contribution in [0.15, 0.2) is 64.0 Å². The van der Waals surface area contributed by atoms with Crippen LogP contribution in [0.5, 0.6) is 23.0 Å². The normalized spacial score (nSPS) is 11.4. The monoisotopic (exact) mass is 549 g/mol. The van der Waals surface area contributed by atoms with Crippen molar-refractivity contribution >= 4 is 26.0 Å². The molecular formula is C25H28BrNO6S. The maximum atomic E-state index is 13.9. The minimum Gasteiger partial charge on any atom is -0.497 e. The highest BCUT2D eigenvalue weighted by molar-refractivity contribution is 9.10. The predicted molar refractivity (Wildman–Crippen MR) is 134 cm³/mol. The summed E-state index contributed by atoms with van der Waals surface area (Å²) >= 11 is 3.45. The zero-order valence-electron chi connectivity index (χ0n) is 19.8. The fraction of sp³-hybridized carbons (Fsp3) is 0.280. The number of ether oxygens (including phenoxy) is 4. The first-order valence-corrected chi connectivity index (χ1v) is 12.7. The molecule has 3 aromatic carbocycles. The van der Waals surface area contributed by atoms with Gasteiger partial charge in [0.05, 0.1) is 33.3 Å². The summed E-state index contributed by atoms with van der Waals surface area (Å²) in [5, 5.41) is 0. The minimum absolute atomic E-state index is 0.0800. The van der Waals surface area contributed by atoms with E-state index < -0.39 is 10.0 Å². The maximum Gasteiger partial charge on any atom is 0.243 e. The van der Waals surface area contributed by atoms with Crippen LogP contribution in [0, 0.1) is 6.92 Å². The lowest BCUT2D eigenvalue weighted by Gasteiger charge is -2.25. The molecule has 3 rings (SSSR count). The second kappa shape index (κ2) is 11.1. The van der Waals surface area contributed by atoms with Crippen LogP contribution >= 0.6 is 15.9 Å². The molecule has 0 N–H and O–H groups in total. The van der Waals surface area contributed by atoms with E-state index in [1.54, 1.807) is 83.9 Å². The Morgan fingerprint density at radius 2 is 1.26 bits per heavy atom. The van der Waals surface area contributed by atoms with Crippen molar-refractivity contribution in [1.82, 2.24) is 4.31 Å². The zero-order valence-corrected chi connectivity index (χ0v) is 22.2. The average Bonchev–Trinajstić information content (AvgIpc) is 2.85. The number of rotatable bonds is 10. The summed E-state index contributed by atoms with van der Waals surface area (Å²) in [7, 11) is 2.32. The number of nitrogens with zero attached hydrogens (tertiary/aromatic N) is 1. The Morgan fingerprint density at radius 3 is 1.71 bits per heavy atom. The lowest BCUT2D eigenvalue weighted by atomic mass is 10.1. The van der Waals surface area contributed by atoms with E-state index >= 15 is 0 Å². The zero-order chi connectivity index (χ0) is 24.9. The highest BCUT2D eigenvalue weighted by Crippen LogP contribution is 2.33. The Bertz CT molecular complexity index is 1200. The second-order valence-electron chi connectivity index (χ2n) is 7.49. The maximum absolute atomic E-state index is 13.9. The fourth-order valence-electron chi connectivity index (χ4n) is 3.58. The van der Waals surface area contributed by atoms with E-state index in [9.17, 15) is 8.42 Å². The summed E-state index contributed by atoms with van der Waals surface area (Å²) in [6.07, 6.45) is 0. The molecule has 0 amide bonds. The van der Waals surface area contributed by atoms with Crippen LogP contribution < -0.4 is 18.9 Å². The Balaban J connectivity index is 2.11. The Kier molecular flexibility index (Phi) is 8.46. The molecule has 0 bridgehead atoms. The lowest BCUT2D eigenvalue weighted by Crippen LogP contribution is -2.31. The van der Waals surface area contributed by atoms with Gasteiger partial charge in [-0.1, -0.05) is 34.1 Å². The molecule has 7 nitrogen and oxygen atoms in total. The van der Waals surface area contributed by atoms with Crippen LogP contribution in [0.4, 0.5) is 0 Å². The molecule has 9 heteroatoms. The molecule has 0 aliphatic heterocycles. The highest BCUT2D eigenvalue weighted by atomic mass is 79.9. The van der Waals surface area contributed by atoms with E-state index in [-0.39, 0.29) is 18.0 Å². The molecule has 0 aromatic heterocycles. The fourth-order valence-corrected chi connectivity index (χ4v) is 5.72. The SMILES string of the molecule is COc1ccc(CN(Cc2ccc(OC)cc2OC)S(=O)(=O)c2cccc(Br)c2C)c(OC)c1. The van der Waals surface area contributed by atoms with E-state index in [1.165, 1.54) is 4.31 Å². The molecule has 0 heterocycles. The summed E-state index contributed by atoms with van der Waals surface area (Å²) in [5.41, 5.74) is 2.04. The Labute approximate surface area is 209 Å². The number of sulfonamides is 1. The second-order valence-corrected chi connectivity index (χ2v) is 10.3. The van der Waals surface area contributed by atoms with Crippen LogP contribution in [0.2, 0.25) is 0 Å². The highest BCUT2D eigenvalue weighted by Gasteiger charge is 2.29. The summed E-state index contributed by atoms with van der Waals surface area (Å²) in [6.45, 7) is 1.93. The van der Waals surface area contributed by atoms with Gasteiger partial charge >= 0.3 is 0 Å². The Morgan fingerprint density at radius 1 is 0.765 bits per heavy atom. The number of methoxy groups -OCH3 is 4. The molecule has 0 unspecified atom stereocenters. The molecule has 0 radical (unpaired) electrons. The predicted octanol–water partition coefficient (Wildman–Crippen LogP) is 5.18. The van der Waals surface area contributed by atoms with Gasteiger partial charge in [0, 0.05) is 40.8 Å². The number of hydrogen-bond acceptors (Lipinski definition) is 6. The first kappa shape index (κ1) is 25.9. The van der Waals surface area contributed by atoms with Crippen molar-refractivity contribution < 1.29 is 27.4 Å². The van der Waals surface area contributed by atoms with Gasteiger partial charge in [-0.05, 0) is 36.8 Å². The molecular weight excluding hydrogens is 522 g/mol. The van der Waals surface area contributed by atoms with Gasteiger partial charge in [-0.2, -0.15) is 4.31 Å². The van der Waals surface area contributed by atoms with Gasteiger partial charge in [0.15, 0.2) is 0 Å². The van der Waals surface area contributed by atoms with Crippen LogP contribution in [-0.2, 0) is 23.1 Å². The average molecular weight is 550 g/mol. The molecule has 0 fully saturated rings. The van der Waals surface area contributed by atoms with E-state index in [2.05, 4.69) is 15.9 Å². The third kappa shape index (κ3) is 5.48. The van der Waals surface area contributed by atoms with Crippen LogP contribution in [0.3, 0.4) is 0 Å². The van der Waals surface area contributed by atoms with E-state index in [4.69, 9.17) is 18.9 Å². The molecule has 0 atom stereocenters. The lowest BCUT2D eigenvalue weighted by molar-refractivity contribution is 0.358. The van der Waals surface area contributed by atoms with Crippen molar-refractivity contribution in [2.45, 2.75) is 24.9 Å². The summed E-state index contributed by atoms with van der Waals surface area (Å²) in [4.78, 5) is 0.224. The van der Waals surface area contributed by atoms with Gasteiger partial charge in [0.1, 0.15) is 23.0 Å². The van der Waals surface area contributed by atoms with Crippen LogP contribution in [-0.4, -0.2) is 41.2 Å². The molecule has 0 aliphatic rings. The first-order chi connectivity index (χ1) is 16.2. The van der Waals surface area contributed by atoms with Gasteiger partial charge in [0.2, 0.25) is 10.0 Å². The standard InChI is InChI=1S/C25H28BrNO6S/c1-17-22(26)7-6-8-25(17)34(28,29)27(15-18-9-11-20(30-2)13-23(18)32-4)16-19-10-12-21(31-3)14-24(19)33-5/h6-14H,15-16H2,1-5H3. The first-order valence-electron chi connectivity index (χ1n) is 10.4. The van der Waals surface area contributed by atoms with Gasteiger partial charge in [-0.15, -0.1) is 0 Å². The molecule has 3 aromatic rings. The van der Waals surface area contributed by atoms with E-state index in [0.717, 1.165) is 4.47 Å². The number of benzene rings is 3. The molecule has 0 saturated heterocycles. The van der Waals surface area contributed by atoms with Crippen molar-refractivity contribution in [2.24, 2.45) is 0 Å². The number of hydrogen-bond donors (Lipinski definition) is 0. The molecule has 0 aliphatic carbocycles. The largest absolute Gasteiger partial charge is 0.497 e. The van der Waals surface area contributed by atoms with E-state index in [1.807, 2.05) is 6.07 Å². The van der Waals surface area contributed by atoms with Gasteiger partial charge in [-0.25, -0.2) is 8.42 Å². The smallest absolute Gasteiger partial charge is 0.243 e. The summed E-state index contributed by atoms with van der Waals surface area (Å²) in [6, 6.07) is 15.8. The number of halogens is 1. The van der Waals surface area contributed by atoms with Crippen molar-refractivity contribution in [1.29, 1.82) is 0 Å². The van der Waals surface area contributed by atoms with Crippen molar-refractivity contribution in [2.75, 3.05) is 28.4 Å². The quantitative estimate of drug-likeness (QED) is 0.346. The van der Waals surface area contributed by atoms with Crippen LogP contribution in [0.25, 0.3) is 0 Å². The minimum atomic E-state index is -3.90. The van der Waals surface area contributed by atoms with Crippen molar-refractivity contribution in [3.63, 3.8) is 0 Å². The third-order valence-electron chi connectivity index (χ3n) is 5.52. The van der Waals surface area contributed by atoms with Crippen molar-refractivity contribution in [3.05, 3.63) is 75.8 Å². The molecule has 0 spiro atoms. The summed E-state index contributed by atoms with van der Waals surface area (Å²) in [5.74, 6) is 2.31. The third-order valence-corrected chi connectivity index (χ3v) is 8.31. The van der Waals surface area contributed by atoms with E-state index in [0.29, 0.717) is 39.7 Å². The molecule has 34 heavy (non-hydrogen) atoms. The molecule has 182 valence electrons. The Hall–Kier alpha value is -2.75. The molecule has 0 saturated carbocycles. The van der Waals surface area contributed by atoms with Gasteiger partial charge in [0.25, 0.3) is 0 Å². The van der Waals surface area contributed by atoms with Gasteiger partial charge in [-0.3, -0.25) is 0 Å². The summed E-state index contributed by atoms with van der Waals surface area (Å²) < 4.78 is 51.6. The topological polar surface area (TPSA) is 74.3 Å². The van der Waals surface area contributed by atoms with Gasteiger partial charge < -0.3 is 18.9 Å². The van der Waals surface area contributed by atoms with Crippen molar-refractivity contribution in [3.8, 4) is 23.0 Å².